The zero-order valence-corrected chi connectivity index (χ0v) is 13.1. The minimum absolute atomic E-state index is 0.168. The second kappa shape index (κ2) is 6.36. The van der Waals surface area contributed by atoms with Crippen molar-refractivity contribution in [3.63, 3.8) is 0 Å². The van der Waals surface area contributed by atoms with Crippen LogP contribution in [0.5, 0.6) is 0 Å². The first-order valence-corrected chi connectivity index (χ1v) is 7.33. The van der Waals surface area contributed by atoms with Gasteiger partial charge in [0.15, 0.2) is 0 Å². The normalized spacial score (nSPS) is 11.0. The molecule has 3 rings (SSSR count). The molecule has 0 fully saturated rings. The lowest BCUT2D eigenvalue weighted by Crippen LogP contribution is -2.10. The van der Waals surface area contributed by atoms with Gasteiger partial charge in [0.25, 0.3) is 0 Å². The van der Waals surface area contributed by atoms with Crippen LogP contribution in [0.25, 0.3) is 16.6 Å². The molecule has 0 aliphatic carbocycles. The monoisotopic (exact) mass is 331 g/mol. The SMILES string of the molecule is COCCc1c(C(=O)O)cnn1-c1ccnc2cc(Cl)ccc12. The van der Waals surface area contributed by atoms with Crippen LogP contribution in [0.1, 0.15) is 16.1 Å². The minimum Gasteiger partial charge on any atom is -0.478 e. The average molecular weight is 332 g/mol. The maximum atomic E-state index is 11.4. The second-order valence-electron chi connectivity index (χ2n) is 4.96. The number of hydrogen-bond acceptors (Lipinski definition) is 4. The number of fused-ring (bicyclic) bond motifs is 1. The van der Waals surface area contributed by atoms with E-state index in [4.69, 9.17) is 16.3 Å². The third-order valence-corrected chi connectivity index (χ3v) is 3.79. The molecule has 2 aromatic heterocycles. The highest BCUT2D eigenvalue weighted by atomic mass is 35.5. The maximum Gasteiger partial charge on any atom is 0.339 e. The van der Waals surface area contributed by atoms with Gasteiger partial charge in [-0.15, -0.1) is 0 Å². The van der Waals surface area contributed by atoms with Crippen molar-refractivity contribution in [3.05, 3.63) is 52.9 Å². The molecule has 1 N–H and O–H groups in total. The summed E-state index contributed by atoms with van der Waals surface area (Å²) in [6, 6.07) is 7.18. The van der Waals surface area contributed by atoms with Gasteiger partial charge in [-0.3, -0.25) is 4.98 Å². The number of methoxy groups -OCH3 is 1. The van der Waals surface area contributed by atoms with Crippen molar-refractivity contribution in [2.75, 3.05) is 13.7 Å². The van der Waals surface area contributed by atoms with Crippen molar-refractivity contribution in [1.82, 2.24) is 14.8 Å². The van der Waals surface area contributed by atoms with E-state index in [0.29, 0.717) is 23.7 Å². The fourth-order valence-electron chi connectivity index (χ4n) is 2.49. The zero-order chi connectivity index (χ0) is 16.4. The number of aromatic carboxylic acids is 1. The van der Waals surface area contributed by atoms with Crippen LogP contribution in [0.4, 0.5) is 0 Å². The van der Waals surface area contributed by atoms with Crippen LogP contribution >= 0.6 is 11.6 Å². The molecule has 0 unspecified atom stereocenters. The van der Waals surface area contributed by atoms with Crippen LogP contribution in [0.3, 0.4) is 0 Å². The number of hydrogen-bond donors (Lipinski definition) is 1. The van der Waals surface area contributed by atoms with E-state index >= 15 is 0 Å². The summed E-state index contributed by atoms with van der Waals surface area (Å²) in [6.45, 7) is 0.404. The van der Waals surface area contributed by atoms with Gasteiger partial charge in [0.2, 0.25) is 0 Å². The van der Waals surface area contributed by atoms with Crippen LogP contribution < -0.4 is 0 Å². The van der Waals surface area contributed by atoms with Crippen LogP contribution in [0.15, 0.2) is 36.7 Å². The molecule has 0 saturated carbocycles. The Hall–Kier alpha value is -2.44. The Kier molecular flexibility index (Phi) is 4.27. The van der Waals surface area contributed by atoms with Crippen molar-refractivity contribution in [1.29, 1.82) is 0 Å². The second-order valence-corrected chi connectivity index (χ2v) is 5.39. The standard InChI is InChI=1S/C16H14ClN3O3/c1-23-7-5-15-12(16(21)22)9-19-20(15)14-4-6-18-13-8-10(17)2-3-11(13)14/h2-4,6,8-9H,5,7H2,1H3,(H,21,22). The molecule has 0 bridgehead atoms. The first-order chi connectivity index (χ1) is 11.1. The molecule has 0 aliphatic heterocycles. The molecule has 3 aromatic rings. The highest BCUT2D eigenvalue weighted by Crippen LogP contribution is 2.25. The fourth-order valence-corrected chi connectivity index (χ4v) is 2.66. The van der Waals surface area contributed by atoms with Crippen molar-refractivity contribution < 1.29 is 14.6 Å². The maximum absolute atomic E-state index is 11.4. The van der Waals surface area contributed by atoms with Crippen LogP contribution in [0.2, 0.25) is 5.02 Å². The Morgan fingerprint density at radius 2 is 2.22 bits per heavy atom. The lowest BCUT2D eigenvalue weighted by atomic mass is 10.1. The molecule has 2 heterocycles. The van der Waals surface area contributed by atoms with Crippen LogP contribution in [0, 0.1) is 0 Å². The predicted molar refractivity (Wildman–Crippen MR) is 86.4 cm³/mol. The first kappa shape index (κ1) is 15.5. The molecule has 0 aliphatic rings. The van der Waals surface area contributed by atoms with Gasteiger partial charge in [0, 0.05) is 30.1 Å². The van der Waals surface area contributed by atoms with Crippen molar-refractivity contribution in [3.8, 4) is 5.69 Å². The van der Waals surface area contributed by atoms with Gasteiger partial charge >= 0.3 is 5.97 Å². The van der Waals surface area contributed by atoms with Gasteiger partial charge < -0.3 is 9.84 Å². The molecular weight excluding hydrogens is 318 g/mol. The van der Waals surface area contributed by atoms with E-state index in [-0.39, 0.29) is 5.56 Å². The topological polar surface area (TPSA) is 77.2 Å². The van der Waals surface area contributed by atoms with Gasteiger partial charge in [0.05, 0.1) is 29.7 Å². The van der Waals surface area contributed by atoms with E-state index in [1.54, 1.807) is 36.2 Å². The highest BCUT2D eigenvalue weighted by Gasteiger charge is 2.18. The van der Waals surface area contributed by atoms with E-state index < -0.39 is 5.97 Å². The summed E-state index contributed by atoms with van der Waals surface area (Å²) in [5.74, 6) is -1.01. The summed E-state index contributed by atoms with van der Waals surface area (Å²) in [6.07, 6.45) is 3.45. The molecule has 118 valence electrons. The number of pyridine rings is 1. The first-order valence-electron chi connectivity index (χ1n) is 6.95. The van der Waals surface area contributed by atoms with Crippen LogP contribution in [-0.2, 0) is 11.2 Å². The molecule has 23 heavy (non-hydrogen) atoms. The van der Waals surface area contributed by atoms with Crippen molar-refractivity contribution >= 4 is 28.5 Å². The van der Waals surface area contributed by atoms with Gasteiger partial charge in [-0.05, 0) is 24.3 Å². The summed E-state index contributed by atoms with van der Waals surface area (Å²) in [5.41, 5.74) is 2.23. The summed E-state index contributed by atoms with van der Waals surface area (Å²) < 4.78 is 6.71. The summed E-state index contributed by atoms with van der Waals surface area (Å²) in [4.78, 5) is 15.7. The van der Waals surface area contributed by atoms with Gasteiger partial charge in [0.1, 0.15) is 5.56 Å². The van der Waals surface area contributed by atoms with Gasteiger partial charge in [-0.1, -0.05) is 11.6 Å². The molecular formula is C16H14ClN3O3. The Morgan fingerprint density at radius 3 is 2.96 bits per heavy atom. The third kappa shape index (κ3) is 2.91. The predicted octanol–water partition coefficient (Wildman–Crippen LogP) is 2.96. The number of carbonyl (C=O) groups is 1. The van der Waals surface area contributed by atoms with Gasteiger partial charge in [-0.2, -0.15) is 5.10 Å². The molecule has 0 amide bonds. The number of ether oxygens (including phenoxy) is 1. The van der Waals surface area contributed by atoms with E-state index in [1.165, 1.54) is 6.20 Å². The van der Waals surface area contributed by atoms with Crippen molar-refractivity contribution in [2.45, 2.75) is 6.42 Å². The molecule has 0 radical (unpaired) electrons. The Morgan fingerprint density at radius 1 is 1.39 bits per heavy atom. The van der Waals surface area contributed by atoms with E-state index in [0.717, 1.165) is 16.6 Å². The number of carboxylic acids is 1. The van der Waals surface area contributed by atoms with Crippen molar-refractivity contribution in [2.24, 2.45) is 0 Å². The zero-order valence-electron chi connectivity index (χ0n) is 12.4. The number of benzene rings is 1. The molecule has 7 heteroatoms. The average Bonchev–Trinajstić information content (AvgIpc) is 2.95. The quantitative estimate of drug-likeness (QED) is 0.777. The fraction of sp³-hybridized carbons (Fsp3) is 0.188. The summed E-state index contributed by atoms with van der Waals surface area (Å²) in [5, 5.41) is 15.0. The van der Waals surface area contributed by atoms with Gasteiger partial charge in [-0.25, -0.2) is 9.48 Å². The van der Waals surface area contributed by atoms with E-state index in [9.17, 15) is 9.90 Å². The summed E-state index contributed by atoms with van der Waals surface area (Å²) in [7, 11) is 1.57. The summed E-state index contributed by atoms with van der Waals surface area (Å²) >= 11 is 6.01. The Bertz CT molecular complexity index is 876. The molecule has 0 spiro atoms. The van der Waals surface area contributed by atoms with E-state index in [1.807, 2.05) is 6.07 Å². The number of nitrogens with zero attached hydrogens (tertiary/aromatic N) is 3. The number of halogens is 1. The molecule has 0 saturated heterocycles. The highest BCUT2D eigenvalue weighted by molar-refractivity contribution is 6.31. The lowest BCUT2D eigenvalue weighted by molar-refractivity contribution is 0.0695. The number of aromatic nitrogens is 3. The molecule has 6 nitrogen and oxygen atoms in total. The molecule has 1 aromatic carbocycles. The Balaban J connectivity index is 2.20. The smallest absolute Gasteiger partial charge is 0.339 e. The largest absolute Gasteiger partial charge is 0.478 e. The van der Waals surface area contributed by atoms with Crippen LogP contribution in [-0.4, -0.2) is 39.6 Å². The van der Waals surface area contributed by atoms with E-state index in [2.05, 4.69) is 10.1 Å². The minimum atomic E-state index is -1.01. The third-order valence-electron chi connectivity index (χ3n) is 3.55. The number of rotatable bonds is 5. The molecule has 0 atom stereocenters. The Labute approximate surface area is 137 Å². The lowest BCUT2D eigenvalue weighted by Gasteiger charge is -2.11. The number of carboxylic acid groups (broad SMARTS) is 1.